The molecule has 2 atom stereocenters. The van der Waals surface area contributed by atoms with Gasteiger partial charge in [0.05, 0.1) is 62.1 Å². The van der Waals surface area contributed by atoms with Gasteiger partial charge in [0, 0.05) is 32.4 Å². The fraction of sp³-hybridized carbons (Fsp3) is 0.310. The third-order valence-corrected chi connectivity index (χ3v) is 8.49. The molecular formula is C29H25F5N4O5S. The molecule has 0 radical (unpaired) electrons. The first kappa shape index (κ1) is 25.1. The summed E-state index contributed by atoms with van der Waals surface area (Å²) in [5, 5.41) is 2.90. The Labute approximate surface area is 255 Å². The maximum Gasteiger partial charge on any atom is 0.264 e. The van der Waals surface area contributed by atoms with Gasteiger partial charge in [0.2, 0.25) is 21.2 Å². The molecule has 0 fully saturated rings. The van der Waals surface area contributed by atoms with E-state index in [2.05, 4.69) is 20.3 Å². The average Bonchev–Trinajstić information content (AvgIpc) is 3.16. The zero-order valence-corrected chi connectivity index (χ0v) is 23.2. The predicted molar refractivity (Wildman–Crippen MR) is 148 cm³/mol. The number of pyridine rings is 3. The summed E-state index contributed by atoms with van der Waals surface area (Å²) in [4.78, 5) is 24.7. The van der Waals surface area contributed by atoms with Crippen molar-refractivity contribution in [3.05, 3.63) is 76.7 Å². The van der Waals surface area contributed by atoms with E-state index < -0.39 is 100 Å². The summed E-state index contributed by atoms with van der Waals surface area (Å²) in [7, 11) is -4.74. The average molecular weight is 642 g/mol. The van der Waals surface area contributed by atoms with Crippen molar-refractivity contribution in [2.24, 2.45) is 0 Å². The van der Waals surface area contributed by atoms with Crippen molar-refractivity contribution < 1.29 is 51.5 Å². The van der Waals surface area contributed by atoms with Crippen molar-refractivity contribution in [2.75, 3.05) is 19.8 Å². The van der Waals surface area contributed by atoms with Gasteiger partial charge in [-0.2, -0.15) is 0 Å². The Morgan fingerprint density at radius 2 is 2.02 bits per heavy atom. The molecule has 44 heavy (non-hydrogen) atoms. The lowest BCUT2D eigenvalue weighted by Gasteiger charge is -2.15. The van der Waals surface area contributed by atoms with E-state index in [9.17, 15) is 35.2 Å². The molecule has 3 aromatic heterocycles. The van der Waals surface area contributed by atoms with Crippen LogP contribution in [0.3, 0.4) is 0 Å². The molecule has 4 heterocycles. The third kappa shape index (κ3) is 6.19. The number of rotatable bonds is 9. The summed E-state index contributed by atoms with van der Waals surface area (Å²) < 4.78 is 142. The van der Waals surface area contributed by atoms with Crippen molar-refractivity contribution in [2.45, 2.75) is 43.0 Å². The predicted octanol–water partition coefficient (Wildman–Crippen LogP) is 5.54. The van der Waals surface area contributed by atoms with E-state index in [0.717, 1.165) is 18.2 Å². The SMILES string of the molecule is [2H]C([2H])([2H])C([2H])([2H])Oc1nc([C@H](F)CF)ccc1-c1ccc2cnc(CNC(=O)c3cc(C(F)F)c4c(c3)S(=O)(=O)[C@@H](F)COC4)cc2n1. The van der Waals surface area contributed by atoms with Crippen LogP contribution in [0.4, 0.5) is 22.0 Å². The fourth-order valence-electron chi connectivity index (χ4n) is 4.49. The quantitative estimate of drug-likeness (QED) is 0.237. The molecule has 1 aliphatic rings. The highest BCUT2D eigenvalue weighted by Crippen LogP contribution is 2.35. The van der Waals surface area contributed by atoms with Crippen LogP contribution in [0.15, 0.2) is 53.6 Å². The highest BCUT2D eigenvalue weighted by Gasteiger charge is 2.36. The second kappa shape index (κ2) is 12.8. The Kier molecular flexibility index (Phi) is 7.30. The van der Waals surface area contributed by atoms with Gasteiger partial charge in [0.25, 0.3) is 12.3 Å². The molecule has 1 N–H and O–H groups in total. The van der Waals surface area contributed by atoms with E-state index >= 15 is 0 Å². The molecule has 0 spiro atoms. The van der Waals surface area contributed by atoms with Crippen LogP contribution >= 0.6 is 0 Å². The fourth-order valence-corrected chi connectivity index (χ4v) is 5.85. The Morgan fingerprint density at radius 3 is 2.77 bits per heavy atom. The summed E-state index contributed by atoms with van der Waals surface area (Å²) in [6, 6.07) is 8.29. The number of fused-ring (bicyclic) bond motifs is 2. The molecule has 0 bridgehead atoms. The van der Waals surface area contributed by atoms with Crippen LogP contribution in [-0.4, -0.2) is 54.6 Å². The lowest BCUT2D eigenvalue weighted by molar-refractivity contribution is 0.0914. The standard InChI is InChI=1S/C29H25F5N4O5S/c1-2-43-29-18(4-6-23(38-29)21(31)10-30)22-5-3-15-11-35-17(9-24(15)37-22)12-36-28(39)16-7-19(27(33)34)20-13-42-14-26(32)44(40,41)25(20)8-16/h3-9,11,21,26-27H,2,10,12-14H2,1H3,(H,36,39)/t21-,26-/m1/s1/i1D3,2D2. The number of aromatic nitrogens is 3. The Balaban J connectivity index is 1.45. The molecule has 0 unspecified atom stereocenters. The molecular weight excluding hydrogens is 611 g/mol. The number of hydrogen-bond donors (Lipinski definition) is 1. The van der Waals surface area contributed by atoms with Crippen LogP contribution in [0.2, 0.25) is 0 Å². The number of hydrogen-bond acceptors (Lipinski definition) is 8. The summed E-state index contributed by atoms with van der Waals surface area (Å²) in [5.41, 5.74) is -4.30. The number of benzene rings is 1. The van der Waals surface area contributed by atoms with Crippen LogP contribution in [0.5, 0.6) is 5.88 Å². The normalized spacial score (nSPS) is 19.0. The summed E-state index contributed by atoms with van der Waals surface area (Å²) in [5.74, 6) is -1.64. The first-order valence-corrected chi connectivity index (χ1v) is 14.3. The number of alkyl halides is 5. The van der Waals surface area contributed by atoms with E-state index in [1.54, 1.807) is 0 Å². The molecule has 0 aliphatic carbocycles. The minimum atomic E-state index is -4.74. The lowest BCUT2D eigenvalue weighted by atomic mass is 10.0. The van der Waals surface area contributed by atoms with E-state index in [1.165, 1.54) is 30.5 Å². The van der Waals surface area contributed by atoms with E-state index in [4.69, 9.17) is 16.3 Å². The maximum absolute atomic E-state index is 14.3. The topological polar surface area (TPSA) is 120 Å². The second-order valence-corrected chi connectivity index (χ2v) is 11.5. The van der Waals surface area contributed by atoms with Crippen molar-refractivity contribution in [3.63, 3.8) is 0 Å². The molecule has 9 nitrogen and oxygen atoms in total. The van der Waals surface area contributed by atoms with Gasteiger partial charge in [0.1, 0.15) is 6.67 Å². The highest BCUT2D eigenvalue weighted by atomic mass is 32.2. The number of amides is 1. The van der Waals surface area contributed by atoms with Gasteiger partial charge in [-0.15, -0.1) is 0 Å². The Bertz CT molecular complexity index is 2020. The maximum atomic E-state index is 14.3. The van der Waals surface area contributed by atoms with E-state index in [1.807, 2.05) is 0 Å². The van der Waals surface area contributed by atoms with Crippen LogP contribution < -0.4 is 10.1 Å². The molecule has 232 valence electrons. The smallest absolute Gasteiger partial charge is 0.264 e. The molecule has 0 saturated heterocycles. The van der Waals surface area contributed by atoms with Crippen LogP contribution in [0.1, 0.15) is 59.2 Å². The minimum Gasteiger partial charge on any atom is -0.477 e. The summed E-state index contributed by atoms with van der Waals surface area (Å²) in [6.45, 7) is -9.79. The molecule has 4 aromatic rings. The van der Waals surface area contributed by atoms with Crippen LogP contribution in [0.25, 0.3) is 22.2 Å². The van der Waals surface area contributed by atoms with Crippen molar-refractivity contribution >= 4 is 26.6 Å². The van der Waals surface area contributed by atoms with Gasteiger partial charge in [-0.05, 0) is 49.3 Å². The zero-order chi connectivity index (χ0) is 35.9. The van der Waals surface area contributed by atoms with E-state index in [-0.39, 0.29) is 29.0 Å². The Hall–Kier alpha value is -4.24. The summed E-state index contributed by atoms with van der Waals surface area (Å²) >= 11 is 0. The lowest BCUT2D eigenvalue weighted by Crippen LogP contribution is -2.25. The first-order chi connectivity index (χ1) is 22.9. The Morgan fingerprint density at radius 1 is 1.20 bits per heavy atom. The minimum absolute atomic E-state index is 0.0561. The van der Waals surface area contributed by atoms with Gasteiger partial charge in [0.15, 0.2) is 6.17 Å². The number of nitrogens with zero attached hydrogens (tertiary/aromatic N) is 3. The molecule has 1 aromatic carbocycles. The third-order valence-electron chi connectivity index (χ3n) is 6.70. The number of carbonyl (C=O) groups excluding carboxylic acids is 1. The van der Waals surface area contributed by atoms with Gasteiger partial charge in [-0.1, -0.05) is 0 Å². The van der Waals surface area contributed by atoms with Gasteiger partial charge in [-0.25, -0.2) is 40.3 Å². The number of sulfone groups is 1. The number of ether oxygens (including phenoxy) is 2. The molecule has 1 aliphatic heterocycles. The van der Waals surface area contributed by atoms with Crippen LogP contribution in [-0.2, 0) is 27.7 Å². The largest absolute Gasteiger partial charge is 0.477 e. The van der Waals surface area contributed by atoms with Crippen molar-refractivity contribution in [3.8, 4) is 17.1 Å². The monoisotopic (exact) mass is 641 g/mol. The highest BCUT2D eigenvalue weighted by molar-refractivity contribution is 7.92. The zero-order valence-electron chi connectivity index (χ0n) is 27.4. The number of halogens is 5. The molecule has 1 amide bonds. The second-order valence-electron chi connectivity index (χ2n) is 9.48. The summed E-state index contributed by atoms with van der Waals surface area (Å²) in [6.07, 6.45) is -4.03. The first-order valence-electron chi connectivity index (χ1n) is 15.3. The molecule has 0 saturated carbocycles. The molecule has 5 rings (SSSR count). The van der Waals surface area contributed by atoms with Gasteiger partial charge < -0.3 is 14.8 Å². The van der Waals surface area contributed by atoms with Gasteiger partial charge in [-0.3, -0.25) is 9.78 Å². The van der Waals surface area contributed by atoms with Crippen molar-refractivity contribution in [1.82, 2.24) is 20.3 Å². The number of nitrogens with one attached hydrogen (secondary N) is 1. The van der Waals surface area contributed by atoms with E-state index in [0.29, 0.717) is 5.39 Å². The van der Waals surface area contributed by atoms with Crippen LogP contribution in [0, 0.1) is 0 Å². The van der Waals surface area contributed by atoms with Crippen molar-refractivity contribution in [1.29, 1.82) is 0 Å². The number of carbonyl (C=O) groups is 1. The molecule has 15 heteroatoms. The van der Waals surface area contributed by atoms with Gasteiger partial charge >= 0.3 is 0 Å².